The minimum atomic E-state index is -0.705. The molecule has 6 nitrogen and oxygen atoms in total. The lowest BCUT2D eigenvalue weighted by Crippen LogP contribution is -2.43. The molecule has 0 aliphatic rings. The van der Waals surface area contributed by atoms with Crippen LogP contribution in [0.4, 0.5) is 5.69 Å². The number of nitrogens with two attached hydrogens (primary N) is 2. The predicted molar refractivity (Wildman–Crippen MR) is 73.4 cm³/mol. The average molecular weight is 278 g/mol. The summed E-state index contributed by atoms with van der Waals surface area (Å²) in [7, 11) is 0. The number of benzene rings is 1. The number of aromatic nitrogens is 1. The van der Waals surface area contributed by atoms with E-state index in [1.807, 2.05) is 5.38 Å². The lowest BCUT2D eigenvalue weighted by Gasteiger charge is -2.11. The minimum Gasteiger partial charge on any atom is -0.399 e. The van der Waals surface area contributed by atoms with E-state index in [0.717, 1.165) is 5.69 Å². The van der Waals surface area contributed by atoms with Gasteiger partial charge in [0.1, 0.15) is 0 Å². The van der Waals surface area contributed by atoms with Gasteiger partial charge in [-0.05, 0) is 12.1 Å². The highest BCUT2D eigenvalue weighted by molar-refractivity contribution is 7.07. The van der Waals surface area contributed by atoms with E-state index in [-0.39, 0.29) is 0 Å². The van der Waals surface area contributed by atoms with Crippen molar-refractivity contribution in [3.63, 3.8) is 0 Å². The van der Waals surface area contributed by atoms with Gasteiger partial charge in [0.15, 0.2) is 5.75 Å². The van der Waals surface area contributed by atoms with Gasteiger partial charge in [-0.15, -0.1) is 11.3 Å². The molecule has 0 spiro atoms. The summed E-state index contributed by atoms with van der Waals surface area (Å²) in [6, 6.07) is 6.03. The second-order valence-corrected chi connectivity index (χ2v) is 4.65. The molecule has 0 saturated carbocycles. The molecule has 100 valence electrons. The molecule has 2 aromatic rings. The summed E-state index contributed by atoms with van der Waals surface area (Å²) in [4.78, 5) is 20.9. The zero-order chi connectivity index (χ0) is 13.7. The molecule has 0 unspecified atom stereocenters. The first-order valence-electron chi connectivity index (χ1n) is 5.60. The van der Waals surface area contributed by atoms with Crippen molar-refractivity contribution < 1.29 is 9.63 Å². The molecule has 19 heavy (non-hydrogen) atoms. The van der Waals surface area contributed by atoms with Crippen molar-refractivity contribution in [3.05, 3.63) is 40.8 Å². The van der Waals surface area contributed by atoms with Crippen LogP contribution in [-0.2, 0) is 11.2 Å². The molecule has 0 saturated heterocycles. The van der Waals surface area contributed by atoms with Crippen molar-refractivity contribution in [2.45, 2.75) is 12.5 Å². The third-order valence-corrected chi connectivity index (χ3v) is 3.01. The second kappa shape index (κ2) is 6.17. The van der Waals surface area contributed by atoms with Crippen molar-refractivity contribution in [2.75, 3.05) is 5.73 Å². The van der Waals surface area contributed by atoms with Crippen molar-refractivity contribution in [2.24, 2.45) is 5.73 Å². The normalized spacial score (nSPS) is 11.8. The second-order valence-electron chi connectivity index (χ2n) is 3.93. The Morgan fingerprint density at radius 2 is 2.37 bits per heavy atom. The van der Waals surface area contributed by atoms with Crippen LogP contribution < -0.4 is 21.8 Å². The number of hydroxylamine groups is 1. The van der Waals surface area contributed by atoms with E-state index >= 15 is 0 Å². The number of hydrogen-bond donors (Lipinski definition) is 3. The highest BCUT2D eigenvalue weighted by atomic mass is 32.1. The molecule has 0 aliphatic heterocycles. The van der Waals surface area contributed by atoms with Crippen LogP contribution in [0.1, 0.15) is 5.69 Å². The lowest BCUT2D eigenvalue weighted by atomic mass is 10.2. The Morgan fingerprint density at radius 1 is 1.53 bits per heavy atom. The van der Waals surface area contributed by atoms with E-state index < -0.39 is 11.9 Å². The quantitative estimate of drug-likeness (QED) is 0.552. The van der Waals surface area contributed by atoms with Crippen LogP contribution in [0.25, 0.3) is 0 Å². The van der Waals surface area contributed by atoms with Crippen LogP contribution in [0.2, 0.25) is 0 Å². The molecule has 1 amide bonds. The zero-order valence-electron chi connectivity index (χ0n) is 10.1. The van der Waals surface area contributed by atoms with Crippen LogP contribution >= 0.6 is 11.3 Å². The SMILES string of the molecule is Nc1cccc(ONC(=O)[C@@H](N)Cc2cscn2)c1. The number of anilines is 1. The van der Waals surface area contributed by atoms with Crippen LogP contribution in [0.15, 0.2) is 35.2 Å². The van der Waals surface area contributed by atoms with Crippen LogP contribution in [0.3, 0.4) is 0 Å². The molecule has 5 N–H and O–H groups in total. The van der Waals surface area contributed by atoms with Gasteiger partial charge in [-0.1, -0.05) is 6.07 Å². The number of thiazole rings is 1. The fraction of sp³-hybridized carbons (Fsp3) is 0.167. The van der Waals surface area contributed by atoms with Gasteiger partial charge in [0.2, 0.25) is 0 Å². The number of hydrogen-bond acceptors (Lipinski definition) is 6. The molecule has 1 atom stereocenters. The van der Waals surface area contributed by atoms with E-state index in [0.29, 0.717) is 17.9 Å². The minimum absolute atomic E-state index is 0.371. The van der Waals surface area contributed by atoms with Crippen molar-refractivity contribution in [1.29, 1.82) is 0 Å². The van der Waals surface area contributed by atoms with Gasteiger partial charge in [0.05, 0.1) is 17.2 Å². The van der Waals surface area contributed by atoms with Gasteiger partial charge in [-0.2, -0.15) is 5.48 Å². The Morgan fingerprint density at radius 3 is 3.05 bits per heavy atom. The van der Waals surface area contributed by atoms with Crippen LogP contribution in [0.5, 0.6) is 5.75 Å². The highest BCUT2D eigenvalue weighted by Crippen LogP contribution is 2.13. The van der Waals surface area contributed by atoms with Gasteiger partial charge in [-0.25, -0.2) is 4.98 Å². The van der Waals surface area contributed by atoms with E-state index in [4.69, 9.17) is 16.3 Å². The molecule has 0 aliphatic carbocycles. The molecule has 7 heteroatoms. The first kappa shape index (κ1) is 13.3. The predicted octanol–water partition coefficient (Wildman–Crippen LogP) is 0.705. The van der Waals surface area contributed by atoms with Crippen LogP contribution in [0, 0.1) is 0 Å². The monoisotopic (exact) mass is 278 g/mol. The van der Waals surface area contributed by atoms with Gasteiger partial charge < -0.3 is 16.3 Å². The Kier molecular flexibility index (Phi) is 4.32. The van der Waals surface area contributed by atoms with Crippen molar-refractivity contribution >= 4 is 22.9 Å². The Balaban J connectivity index is 1.84. The molecule has 0 radical (unpaired) electrons. The molecular weight excluding hydrogens is 264 g/mol. The number of nitrogen functional groups attached to an aromatic ring is 1. The maximum absolute atomic E-state index is 11.7. The maximum Gasteiger partial charge on any atom is 0.269 e. The van der Waals surface area contributed by atoms with Crippen molar-refractivity contribution in [3.8, 4) is 5.75 Å². The zero-order valence-corrected chi connectivity index (χ0v) is 10.9. The van der Waals surface area contributed by atoms with Gasteiger partial charge in [0, 0.05) is 23.6 Å². The summed E-state index contributed by atoms with van der Waals surface area (Å²) in [6.45, 7) is 0. The summed E-state index contributed by atoms with van der Waals surface area (Å²) in [6.07, 6.45) is 0.371. The van der Waals surface area contributed by atoms with Gasteiger partial charge >= 0.3 is 0 Å². The molecular formula is C12H14N4O2S. The maximum atomic E-state index is 11.7. The summed E-state index contributed by atoms with van der Waals surface area (Å²) in [5, 5.41) is 1.85. The number of rotatable bonds is 5. The van der Waals surface area contributed by atoms with E-state index in [9.17, 15) is 4.79 Å². The molecule has 1 aromatic heterocycles. The van der Waals surface area contributed by atoms with E-state index in [1.54, 1.807) is 29.8 Å². The summed E-state index contributed by atoms with van der Waals surface area (Å²) in [5.74, 6) is 0.0460. The first-order valence-corrected chi connectivity index (χ1v) is 6.54. The number of amides is 1. The molecule has 2 rings (SSSR count). The Labute approximate surface area is 114 Å². The first-order chi connectivity index (χ1) is 9.15. The number of carbonyl (C=O) groups excluding carboxylic acids is 1. The average Bonchev–Trinajstić information content (AvgIpc) is 2.89. The summed E-state index contributed by atoms with van der Waals surface area (Å²) < 4.78 is 0. The molecule has 0 fully saturated rings. The molecule has 1 aromatic carbocycles. The third-order valence-electron chi connectivity index (χ3n) is 2.38. The number of nitrogens with one attached hydrogen (secondary N) is 1. The fourth-order valence-electron chi connectivity index (χ4n) is 1.42. The summed E-state index contributed by atoms with van der Waals surface area (Å²) >= 11 is 1.46. The highest BCUT2D eigenvalue weighted by Gasteiger charge is 2.15. The summed E-state index contributed by atoms with van der Waals surface area (Å²) in [5.41, 5.74) is 16.7. The van der Waals surface area contributed by atoms with Crippen LogP contribution in [-0.4, -0.2) is 16.9 Å². The largest absolute Gasteiger partial charge is 0.399 e. The van der Waals surface area contributed by atoms with Crippen molar-refractivity contribution in [1.82, 2.24) is 10.5 Å². The Bertz CT molecular complexity index is 544. The van der Waals surface area contributed by atoms with E-state index in [2.05, 4.69) is 10.5 Å². The topological polar surface area (TPSA) is 103 Å². The number of nitrogens with zero attached hydrogens (tertiary/aromatic N) is 1. The smallest absolute Gasteiger partial charge is 0.269 e. The molecule has 0 bridgehead atoms. The van der Waals surface area contributed by atoms with Gasteiger partial charge in [-0.3, -0.25) is 4.79 Å². The number of carbonyl (C=O) groups is 1. The Hall–Kier alpha value is -2.12. The molecule has 1 heterocycles. The fourth-order valence-corrected chi connectivity index (χ4v) is 1.99. The lowest BCUT2D eigenvalue weighted by molar-refractivity contribution is -0.129. The van der Waals surface area contributed by atoms with Gasteiger partial charge in [0.25, 0.3) is 5.91 Å². The van der Waals surface area contributed by atoms with E-state index in [1.165, 1.54) is 11.3 Å². The standard InChI is InChI=1S/C12H14N4O2S/c13-8-2-1-3-10(4-8)18-16-12(17)11(14)5-9-6-19-7-15-9/h1-4,6-7,11H,5,13-14H2,(H,16,17)/t11-/m0/s1. The third kappa shape index (κ3) is 3.94.